The van der Waals surface area contributed by atoms with Gasteiger partial charge in [0.05, 0.1) is 0 Å². The summed E-state index contributed by atoms with van der Waals surface area (Å²) in [7, 11) is 0. The Morgan fingerprint density at radius 1 is 1.38 bits per heavy atom. The maximum absolute atomic E-state index is 5.39. The first-order chi connectivity index (χ1) is 6.36. The third kappa shape index (κ3) is 4.10. The summed E-state index contributed by atoms with van der Waals surface area (Å²) in [6.45, 7) is 9.96. The van der Waals surface area contributed by atoms with Crippen LogP contribution in [0.2, 0.25) is 0 Å². The fourth-order valence-electron chi connectivity index (χ4n) is 2.07. The number of hydrogen-bond donors (Lipinski definition) is 0. The quantitative estimate of drug-likeness (QED) is 0.608. The van der Waals surface area contributed by atoms with E-state index in [1.807, 2.05) is 0 Å². The Morgan fingerprint density at radius 3 is 2.92 bits per heavy atom. The maximum atomic E-state index is 5.39. The molecule has 0 radical (unpaired) electrons. The summed E-state index contributed by atoms with van der Waals surface area (Å²) in [5, 5.41) is 0. The Balaban J connectivity index is 2.11. The summed E-state index contributed by atoms with van der Waals surface area (Å²) in [6, 6.07) is 0. The molecule has 0 aromatic rings. The van der Waals surface area contributed by atoms with Gasteiger partial charge in [-0.15, -0.1) is 0 Å². The first kappa shape index (κ1) is 11.0. The molecule has 1 unspecified atom stereocenters. The zero-order valence-corrected chi connectivity index (χ0v) is 9.09. The number of hydrogen-bond acceptors (Lipinski definition) is 2. The van der Waals surface area contributed by atoms with Gasteiger partial charge in [0.15, 0.2) is 0 Å². The Bertz CT molecular complexity index is 127. The Kier molecular flexibility index (Phi) is 5.40. The molecule has 1 rings (SSSR count). The van der Waals surface area contributed by atoms with E-state index in [1.165, 1.54) is 38.9 Å². The molecule has 78 valence electrons. The summed E-state index contributed by atoms with van der Waals surface area (Å²) in [4.78, 5) is 2.56. The predicted octanol–water partition coefficient (Wildman–Crippen LogP) is 2.14. The molecule has 0 aliphatic carbocycles. The molecule has 1 heterocycles. The summed E-state index contributed by atoms with van der Waals surface area (Å²) >= 11 is 0. The summed E-state index contributed by atoms with van der Waals surface area (Å²) < 4.78 is 5.39. The molecule has 2 nitrogen and oxygen atoms in total. The van der Waals surface area contributed by atoms with Crippen molar-refractivity contribution >= 4 is 0 Å². The normalized spacial score (nSPS) is 24.9. The van der Waals surface area contributed by atoms with E-state index in [2.05, 4.69) is 18.7 Å². The fourth-order valence-corrected chi connectivity index (χ4v) is 2.07. The van der Waals surface area contributed by atoms with Crippen molar-refractivity contribution in [2.45, 2.75) is 33.1 Å². The van der Waals surface area contributed by atoms with E-state index in [9.17, 15) is 0 Å². The number of likely N-dealkylation sites (tertiary alicyclic amines) is 1. The number of piperidine rings is 1. The molecule has 0 spiro atoms. The van der Waals surface area contributed by atoms with Crippen LogP contribution in [0.15, 0.2) is 0 Å². The number of nitrogens with zero attached hydrogens (tertiary/aromatic N) is 1. The van der Waals surface area contributed by atoms with E-state index in [0.29, 0.717) is 0 Å². The van der Waals surface area contributed by atoms with Crippen molar-refractivity contribution in [3.8, 4) is 0 Å². The van der Waals surface area contributed by atoms with Crippen LogP contribution in [0.5, 0.6) is 0 Å². The molecule has 1 fully saturated rings. The van der Waals surface area contributed by atoms with Crippen LogP contribution in [-0.4, -0.2) is 37.7 Å². The highest BCUT2D eigenvalue weighted by Gasteiger charge is 2.17. The molecule has 1 saturated heterocycles. The molecule has 2 heteroatoms. The van der Waals surface area contributed by atoms with Gasteiger partial charge in [0, 0.05) is 19.8 Å². The van der Waals surface area contributed by atoms with Crippen molar-refractivity contribution in [1.29, 1.82) is 0 Å². The average Bonchev–Trinajstić information content (AvgIpc) is 2.19. The van der Waals surface area contributed by atoms with Crippen LogP contribution in [-0.2, 0) is 4.74 Å². The molecule has 0 aromatic carbocycles. The SMILES string of the molecule is CCOCCC1CCCN(CC)C1. The van der Waals surface area contributed by atoms with Crippen molar-refractivity contribution in [2.75, 3.05) is 32.8 Å². The highest BCUT2D eigenvalue weighted by Crippen LogP contribution is 2.18. The van der Waals surface area contributed by atoms with Crippen molar-refractivity contribution in [3.63, 3.8) is 0 Å². The van der Waals surface area contributed by atoms with Crippen LogP contribution in [0.3, 0.4) is 0 Å². The highest BCUT2D eigenvalue weighted by atomic mass is 16.5. The first-order valence-electron chi connectivity index (χ1n) is 5.66. The molecule has 0 saturated carbocycles. The van der Waals surface area contributed by atoms with E-state index in [4.69, 9.17) is 4.74 Å². The van der Waals surface area contributed by atoms with Crippen LogP contribution in [0.25, 0.3) is 0 Å². The van der Waals surface area contributed by atoms with Crippen molar-refractivity contribution < 1.29 is 4.74 Å². The second-order valence-corrected chi connectivity index (χ2v) is 3.89. The molecule has 0 bridgehead atoms. The lowest BCUT2D eigenvalue weighted by Gasteiger charge is -2.31. The minimum Gasteiger partial charge on any atom is -0.382 e. The van der Waals surface area contributed by atoms with E-state index in [-0.39, 0.29) is 0 Å². The highest BCUT2D eigenvalue weighted by molar-refractivity contribution is 4.71. The van der Waals surface area contributed by atoms with Crippen LogP contribution in [0, 0.1) is 5.92 Å². The third-order valence-corrected chi connectivity index (χ3v) is 2.92. The van der Waals surface area contributed by atoms with Gasteiger partial charge in [-0.3, -0.25) is 0 Å². The molecular formula is C11H23NO. The smallest absolute Gasteiger partial charge is 0.0469 e. The molecule has 1 atom stereocenters. The van der Waals surface area contributed by atoms with Crippen molar-refractivity contribution in [3.05, 3.63) is 0 Å². The van der Waals surface area contributed by atoms with Gasteiger partial charge in [-0.2, -0.15) is 0 Å². The zero-order chi connectivity index (χ0) is 9.52. The lowest BCUT2D eigenvalue weighted by Crippen LogP contribution is -2.35. The molecule has 13 heavy (non-hydrogen) atoms. The minimum atomic E-state index is 0.865. The Hall–Kier alpha value is -0.0800. The van der Waals surface area contributed by atoms with Crippen molar-refractivity contribution in [1.82, 2.24) is 4.90 Å². The van der Waals surface area contributed by atoms with E-state index in [1.54, 1.807) is 0 Å². The topological polar surface area (TPSA) is 12.5 Å². The average molecular weight is 185 g/mol. The molecular weight excluding hydrogens is 162 g/mol. The fraction of sp³-hybridized carbons (Fsp3) is 1.00. The molecule has 1 aliphatic heterocycles. The predicted molar refractivity (Wildman–Crippen MR) is 55.9 cm³/mol. The van der Waals surface area contributed by atoms with Gasteiger partial charge in [0.1, 0.15) is 0 Å². The van der Waals surface area contributed by atoms with E-state index < -0.39 is 0 Å². The summed E-state index contributed by atoms with van der Waals surface area (Å²) in [5.74, 6) is 0.889. The van der Waals surface area contributed by atoms with Gasteiger partial charge in [0.25, 0.3) is 0 Å². The van der Waals surface area contributed by atoms with Gasteiger partial charge < -0.3 is 9.64 Å². The standard InChI is InChI=1S/C11H23NO/c1-3-12-8-5-6-11(10-12)7-9-13-4-2/h11H,3-10H2,1-2H3. The monoisotopic (exact) mass is 185 g/mol. The first-order valence-corrected chi connectivity index (χ1v) is 5.66. The van der Waals surface area contributed by atoms with Gasteiger partial charge in [-0.25, -0.2) is 0 Å². The lowest BCUT2D eigenvalue weighted by atomic mass is 9.95. The van der Waals surface area contributed by atoms with Gasteiger partial charge in [-0.05, 0) is 45.2 Å². The number of ether oxygens (including phenoxy) is 1. The zero-order valence-electron chi connectivity index (χ0n) is 9.09. The third-order valence-electron chi connectivity index (χ3n) is 2.92. The van der Waals surface area contributed by atoms with Gasteiger partial charge >= 0.3 is 0 Å². The lowest BCUT2D eigenvalue weighted by molar-refractivity contribution is 0.106. The largest absolute Gasteiger partial charge is 0.382 e. The molecule has 0 N–H and O–H groups in total. The van der Waals surface area contributed by atoms with Crippen LogP contribution in [0.4, 0.5) is 0 Å². The molecule has 1 aliphatic rings. The molecule has 0 aromatic heterocycles. The van der Waals surface area contributed by atoms with Gasteiger partial charge in [-0.1, -0.05) is 6.92 Å². The van der Waals surface area contributed by atoms with Crippen LogP contribution < -0.4 is 0 Å². The van der Waals surface area contributed by atoms with Gasteiger partial charge in [0.2, 0.25) is 0 Å². The van der Waals surface area contributed by atoms with E-state index >= 15 is 0 Å². The summed E-state index contributed by atoms with van der Waals surface area (Å²) in [5.41, 5.74) is 0. The van der Waals surface area contributed by atoms with E-state index in [0.717, 1.165) is 19.1 Å². The number of rotatable bonds is 5. The Morgan fingerprint density at radius 2 is 2.23 bits per heavy atom. The van der Waals surface area contributed by atoms with Crippen molar-refractivity contribution in [2.24, 2.45) is 5.92 Å². The second kappa shape index (κ2) is 6.39. The second-order valence-electron chi connectivity index (χ2n) is 3.89. The van der Waals surface area contributed by atoms with Crippen LogP contribution >= 0.6 is 0 Å². The van der Waals surface area contributed by atoms with Crippen LogP contribution in [0.1, 0.15) is 33.1 Å². The maximum Gasteiger partial charge on any atom is 0.0469 e. The molecule has 0 amide bonds. The minimum absolute atomic E-state index is 0.865. The Labute approximate surface area is 82.3 Å². The summed E-state index contributed by atoms with van der Waals surface area (Å²) in [6.07, 6.45) is 4.04.